The van der Waals surface area contributed by atoms with Gasteiger partial charge in [-0.3, -0.25) is 0 Å². The number of ether oxygens (including phenoxy) is 1. The van der Waals surface area contributed by atoms with E-state index in [0.29, 0.717) is 6.10 Å². The Labute approximate surface area is 78.7 Å². The minimum Gasteiger partial charge on any atom is -0.490 e. The van der Waals surface area contributed by atoms with Gasteiger partial charge >= 0.3 is 0 Å². The molecule has 0 radical (unpaired) electrons. The molecule has 0 amide bonds. The molecular weight excluding hydrogens is 162 g/mol. The van der Waals surface area contributed by atoms with Crippen molar-refractivity contribution < 1.29 is 4.74 Å². The summed E-state index contributed by atoms with van der Waals surface area (Å²) < 4.78 is 5.60. The van der Waals surface area contributed by atoms with Crippen LogP contribution in [0.4, 0.5) is 0 Å². The van der Waals surface area contributed by atoms with Gasteiger partial charge in [-0.05, 0) is 31.0 Å². The first-order chi connectivity index (χ1) is 6.16. The van der Waals surface area contributed by atoms with E-state index in [1.165, 1.54) is 11.1 Å². The Morgan fingerprint density at radius 1 is 1.54 bits per heavy atom. The van der Waals surface area contributed by atoms with Crippen LogP contribution in [0, 0.1) is 0 Å². The first-order valence-electron chi connectivity index (χ1n) is 4.72. The van der Waals surface area contributed by atoms with Crippen molar-refractivity contribution in [2.45, 2.75) is 32.4 Å². The van der Waals surface area contributed by atoms with Crippen LogP contribution in [-0.4, -0.2) is 6.10 Å². The summed E-state index contributed by atoms with van der Waals surface area (Å²) >= 11 is 0. The highest BCUT2D eigenvalue weighted by atomic mass is 16.5. The van der Waals surface area contributed by atoms with E-state index >= 15 is 0 Å². The van der Waals surface area contributed by atoms with Gasteiger partial charge in [0.25, 0.3) is 0 Å². The van der Waals surface area contributed by atoms with Crippen LogP contribution >= 0.6 is 0 Å². The van der Waals surface area contributed by atoms with Crippen LogP contribution in [0.3, 0.4) is 0 Å². The van der Waals surface area contributed by atoms with Crippen molar-refractivity contribution in [3.63, 3.8) is 0 Å². The fraction of sp³-hybridized carbons (Fsp3) is 0.455. The van der Waals surface area contributed by atoms with Gasteiger partial charge in [0.1, 0.15) is 11.9 Å². The fourth-order valence-corrected chi connectivity index (χ4v) is 1.73. The molecule has 0 bridgehead atoms. The van der Waals surface area contributed by atoms with E-state index in [1.54, 1.807) is 0 Å². The van der Waals surface area contributed by atoms with Gasteiger partial charge in [-0.1, -0.05) is 12.1 Å². The lowest BCUT2D eigenvalue weighted by atomic mass is 10.0. The molecule has 1 aromatic rings. The smallest absolute Gasteiger partial charge is 0.123 e. The molecule has 13 heavy (non-hydrogen) atoms. The Bertz CT molecular complexity index is 320. The molecule has 2 atom stereocenters. The summed E-state index contributed by atoms with van der Waals surface area (Å²) in [6, 6.07) is 6.34. The number of hydrogen-bond donors (Lipinski definition) is 1. The maximum atomic E-state index is 5.80. The third-order valence-corrected chi connectivity index (χ3v) is 2.45. The zero-order valence-corrected chi connectivity index (χ0v) is 8.08. The lowest BCUT2D eigenvalue weighted by Gasteiger charge is -2.06. The molecule has 0 spiro atoms. The van der Waals surface area contributed by atoms with Gasteiger partial charge < -0.3 is 10.5 Å². The third-order valence-electron chi connectivity index (χ3n) is 2.45. The summed E-state index contributed by atoms with van der Waals surface area (Å²) in [5, 5.41) is 0. The van der Waals surface area contributed by atoms with Crippen LogP contribution < -0.4 is 10.5 Å². The van der Waals surface area contributed by atoms with Crippen molar-refractivity contribution in [2.24, 2.45) is 5.73 Å². The molecule has 0 aliphatic carbocycles. The molecule has 1 aromatic carbocycles. The van der Waals surface area contributed by atoms with E-state index in [9.17, 15) is 0 Å². The van der Waals surface area contributed by atoms with E-state index < -0.39 is 0 Å². The highest BCUT2D eigenvalue weighted by Crippen LogP contribution is 2.30. The molecular formula is C11H15NO. The minimum atomic E-state index is 0.112. The molecule has 0 unspecified atom stereocenters. The van der Waals surface area contributed by atoms with Gasteiger partial charge in [0, 0.05) is 12.5 Å². The normalized spacial score (nSPS) is 22.2. The van der Waals surface area contributed by atoms with Gasteiger partial charge in [0.05, 0.1) is 0 Å². The summed E-state index contributed by atoms with van der Waals surface area (Å²) in [7, 11) is 0. The Kier molecular flexibility index (Phi) is 2.00. The van der Waals surface area contributed by atoms with Crippen LogP contribution in [0.5, 0.6) is 5.75 Å². The molecule has 2 N–H and O–H groups in total. The topological polar surface area (TPSA) is 35.2 Å². The molecule has 2 heteroatoms. The van der Waals surface area contributed by atoms with Crippen molar-refractivity contribution in [1.82, 2.24) is 0 Å². The molecule has 2 rings (SSSR count). The molecule has 1 aliphatic rings. The Morgan fingerprint density at radius 2 is 2.31 bits per heavy atom. The predicted octanol–water partition coefficient (Wildman–Crippen LogP) is 2.03. The van der Waals surface area contributed by atoms with Crippen molar-refractivity contribution in [1.29, 1.82) is 0 Å². The second-order valence-electron chi connectivity index (χ2n) is 3.79. The lowest BCUT2D eigenvalue weighted by molar-refractivity contribution is 0.254. The van der Waals surface area contributed by atoms with Crippen LogP contribution in [0.25, 0.3) is 0 Å². The van der Waals surface area contributed by atoms with E-state index in [-0.39, 0.29) is 6.04 Å². The average molecular weight is 177 g/mol. The van der Waals surface area contributed by atoms with E-state index in [1.807, 2.05) is 19.1 Å². The molecule has 0 fully saturated rings. The van der Waals surface area contributed by atoms with Crippen molar-refractivity contribution in [3.05, 3.63) is 29.3 Å². The minimum absolute atomic E-state index is 0.112. The summed E-state index contributed by atoms with van der Waals surface area (Å²) in [4.78, 5) is 0. The monoisotopic (exact) mass is 177 g/mol. The fourth-order valence-electron chi connectivity index (χ4n) is 1.73. The largest absolute Gasteiger partial charge is 0.490 e. The van der Waals surface area contributed by atoms with Crippen LogP contribution in [0.1, 0.15) is 31.0 Å². The molecule has 1 heterocycles. The lowest BCUT2D eigenvalue weighted by Crippen LogP contribution is -2.05. The van der Waals surface area contributed by atoms with Gasteiger partial charge in [-0.25, -0.2) is 0 Å². The van der Waals surface area contributed by atoms with Crippen molar-refractivity contribution in [2.75, 3.05) is 0 Å². The number of nitrogens with two attached hydrogens (primary N) is 1. The van der Waals surface area contributed by atoms with Crippen LogP contribution in [0.2, 0.25) is 0 Å². The Hall–Kier alpha value is -1.02. The summed E-state index contributed by atoms with van der Waals surface area (Å²) in [6.07, 6.45) is 1.33. The number of hydrogen-bond acceptors (Lipinski definition) is 2. The highest BCUT2D eigenvalue weighted by molar-refractivity contribution is 5.41. The van der Waals surface area contributed by atoms with E-state index in [0.717, 1.165) is 12.2 Å². The van der Waals surface area contributed by atoms with Gasteiger partial charge in [-0.15, -0.1) is 0 Å². The van der Waals surface area contributed by atoms with Crippen LogP contribution in [-0.2, 0) is 6.42 Å². The Balaban J connectivity index is 2.35. The quantitative estimate of drug-likeness (QED) is 0.712. The molecule has 1 aliphatic heterocycles. The summed E-state index contributed by atoms with van der Waals surface area (Å²) in [5.41, 5.74) is 8.29. The summed E-state index contributed by atoms with van der Waals surface area (Å²) in [5.74, 6) is 1.02. The summed E-state index contributed by atoms with van der Waals surface area (Å²) in [6.45, 7) is 4.09. The Morgan fingerprint density at radius 3 is 3.00 bits per heavy atom. The maximum Gasteiger partial charge on any atom is 0.123 e. The maximum absolute atomic E-state index is 5.80. The van der Waals surface area contributed by atoms with Gasteiger partial charge in [0.2, 0.25) is 0 Å². The third kappa shape index (κ3) is 1.54. The standard InChI is InChI=1S/C11H15NO/c1-7-5-10-6-9(8(2)12)3-4-11(10)13-7/h3-4,6-8H,5,12H2,1-2H3/t7-,8-/m0/s1. The van der Waals surface area contributed by atoms with Gasteiger partial charge in [-0.2, -0.15) is 0 Å². The zero-order chi connectivity index (χ0) is 9.42. The zero-order valence-electron chi connectivity index (χ0n) is 8.08. The first kappa shape index (κ1) is 8.57. The second-order valence-corrected chi connectivity index (χ2v) is 3.79. The average Bonchev–Trinajstić information content (AvgIpc) is 2.42. The molecule has 0 saturated carbocycles. The number of fused-ring (bicyclic) bond motifs is 1. The molecule has 2 nitrogen and oxygen atoms in total. The van der Waals surface area contributed by atoms with Crippen molar-refractivity contribution >= 4 is 0 Å². The second kappa shape index (κ2) is 3.04. The first-order valence-corrected chi connectivity index (χ1v) is 4.72. The number of benzene rings is 1. The van der Waals surface area contributed by atoms with E-state index in [4.69, 9.17) is 10.5 Å². The van der Waals surface area contributed by atoms with Crippen LogP contribution in [0.15, 0.2) is 18.2 Å². The van der Waals surface area contributed by atoms with Crippen molar-refractivity contribution in [3.8, 4) is 5.75 Å². The highest BCUT2D eigenvalue weighted by Gasteiger charge is 2.19. The molecule has 0 saturated heterocycles. The molecule has 70 valence electrons. The van der Waals surface area contributed by atoms with E-state index in [2.05, 4.69) is 13.0 Å². The predicted molar refractivity (Wildman–Crippen MR) is 52.8 cm³/mol. The molecule has 0 aromatic heterocycles. The SMILES string of the molecule is C[C@H](N)c1ccc2c(c1)C[C@H](C)O2. The van der Waals surface area contributed by atoms with Gasteiger partial charge in [0.15, 0.2) is 0 Å². The number of rotatable bonds is 1.